The number of fused-ring (bicyclic) bond motifs is 1. The number of benzene rings is 2. The Kier molecular flexibility index (Phi) is 8.60. The van der Waals surface area contributed by atoms with Gasteiger partial charge in [-0.15, -0.1) is 0 Å². The summed E-state index contributed by atoms with van der Waals surface area (Å²) in [5, 5.41) is 2.85. The Morgan fingerprint density at radius 1 is 1.02 bits per heavy atom. The van der Waals surface area contributed by atoms with Crippen LogP contribution in [0.3, 0.4) is 0 Å². The zero-order valence-electron chi connectivity index (χ0n) is 25.2. The number of ether oxygens (including phenoxy) is 2. The van der Waals surface area contributed by atoms with Gasteiger partial charge in [0.25, 0.3) is 0 Å². The second kappa shape index (κ2) is 12.8. The summed E-state index contributed by atoms with van der Waals surface area (Å²) in [4.78, 5) is 41.9. The normalized spacial score (nSPS) is 18.2. The lowest BCUT2D eigenvalue weighted by Gasteiger charge is -2.47. The molecule has 6 rings (SSSR count). The molecule has 0 aliphatic carbocycles. The van der Waals surface area contributed by atoms with Gasteiger partial charge in [-0.05, 0) is 43.2 Å². The van der Waals surface area contributed by atoms with Crippen LogP contribution in [0.15, 0.2) is 78.2 Å². The average Bonchev–Trinajstić information content (AvgIpc) is 3.60. The van der Waals surface area contributed by atoms with Crippen molar-refractivity contribution in [2.24, 2.45) is 5.73 Å². The van der Waals surface area contributed by atoms with Crippen LogP contribution in [0, 0.1) is 6.92 Å². The highest BCUT2D eigenvalue weighted by Gasteiger charge is 2.53. The number of carbonyl (C=O) groups is 2. The number of nitrogens with one attached hydrogen (secondary N) is 1. The third-order valence-electron chi connectivity index (χ3n) is 7.98. The number of anilines is 1. The lowest BCUT2D eigenvalue weighted by atomic mass is 9.90. The molecule has 0 saturated carbocycles. The van der Waals surface area contributed by atoms with Crippen LogP contribution in [0.2, 0.25) is 0 Å². The molecule has 15 heteroatoms. The van der Waals surface area contributed by atoms with E-state index in [2.05, 4.69) is 20.3 Å². The first kappa shape index (κ1) is 31.0. The summed E-state index contributed by atoms with van der Waals surface area (Å²) in [5.74, 6) is 0.651. The number of hydrogen-bond donors (Lipinski definition) is 2. The van der Waals surface area contributed by atoms with Crippen LogP contribution < -0.4 is 25.4 Å². The maximum absolute atomic E-state index is 14.0. The molecule has 46 heavy (non-hydrogen) atoms. The van der Waals surface area contributed by atoms with Crippen molar-refractivity contribution in [1.82, 2.24) is 29.1 Å². The Balaban J connectivity index is 1.28. The summed E-state index contributed by atoms with van der Waals surface area (Å²) < 4.78 is 42.0. The molecule has 2 amide bonds. The molecule has 3 N–H and O–H groups in total. The van der Waals surface area contributed by atoms with Crippen LogP contribution in [-0.4, -0.2) is 89.0 Å². The number of aryl methyl sites for hydroxylation is 1. The van der Waals surface area contributed by atoms with Crippen molar-refractivity contribution in [3.05, 3.63) is 84.6 Å². The quantitative estimate of drug-likeness (QED) is 0.255. The van der Waals surface area contributed by atoms with Gasteiger partial charge in [-0.2, -0.15) is 9.29 Å². The number of primary amides is 1. The molecule has 240 valence electrons. The van der Waals surface area contributed by atoms with Crippen molar-refractivity contribution in [1.29, 1.82) is 0 Å². The lowest BCUT2D eigenvalue weighted by Crippen LogP contribution is -2.70. The Hall–Kier alpha value is -5.02. The van der Waals surface area contributed by atoms with Crippen LogP contribution in [-0.2, 0) is 26.0 Å². The molecule has 0 radical (unpaired) electrons. The molecule has 2 aromatic heterocycles. The molecule has 4 aromatic rings. The standard InChI is InChI=1S/C31H34N8O6S/c1-22-17-27(36-30(35-22)38-12-11-33-21-38)37-13-14-39(46(42,43)24-5-3-2-4-6-24)31(20-37,29(32)41)19-28(40)34-10-9-23-7-8-25-26(18-23)45-16-15-44-25/h2-8,11-12,17-18,21H,9-10,13-16,19-20H2,1H3,(H2,32,41)(H,34,40). The van der Waals surface area contributed by atoms with Crippen LogP contribution in [0.1, 0.15) is 17.7 Å². The largest absolute Gasteiger partial charge is 0.486 e. The molecule has 4 heterocycles. The third-order valence-corrected chi connectivity index (χ3v) is 9.96. The number of nitrogens with two attached hydrogens (primary N) is 1. The van der Waals surface area contributed by atoms with E-state index in [4.69, 9.17) is 15.2 Å². The lowest BCUT2D eigenvalue weighted by molar-refractivity contribution is -0.134. The zero-order chi connectivity index (χ0) is 32.3. The van der Waals surface area contributed by atoms with E-state index in [1.54, 1.807) is 59.4 Å². The maximum atomic E-state index is 14.0. The summed E-state index contributed by atoms with van der Waals surface area (Å²) in [6, 6.07) is 15.1. The molecular weight excluding hydrogens is 612 g/mol. The maximum Gasteiger partial charge on any atom is 0.244 e. The van der Waals surface area contributed by atoms with E-state index in [9.17, 15) is 18.0 Å². The van der Waals surface area contributed by atoms with E-state index in [0.29, 0.717) is 48.6 Å². The van der Waals surface area contributed by atoms with Crippen molar-refractivity contribution in [3.63, 3.8) is 0 Å². The molecule has 2 aliphatic heterocycles. The van der Waals surface area contributed by atoms with E-state index < -0.39 is 33.8 Å². The van der Waals surface area contributed by atoms with Crippen molar-refractivity contribution >= 4 is 27.7 Å². The molecule has 1 atom stereocenters. The monoisotopic (exact) mass is 646 g/mol. The topological polar surface area (TPSA) is 175 Å². The second-order valence-corrected chi connectivity index (χ2v) is 13.0. The minimum Gasteiger partial charge on any atom is -0.486 e. The highest BCUT2D eigenvalue weighted by Crippen LogP contribution is 2.34. The number of amides is 2. The van der Waals surface area contributed by atoms with E-state index in [1.165, 1.54) is 12.1 Å². The molecule has 1 fully saturated rings. The fraction of sp³-hybridized carbons (Fsp3) is 0.323. The van der Waals surface area contributed by atoms with Gasteiger partial charge in [0.05, 0.1) is 11.3 Å². The summed E-state index contributed by atoms with van der Waals surface area (Å²) in [6.45, 7) is 2.85. The second-order valence-electron chi connectivity index (χ2n) is 11.1. The molecule has 2 aromatic carbocycles. The highest BCUT2D eigenvalue weighted by atomic mass is 32.2. The van der Waals surface area contributed by atoms with Crippen LogP contribution in [0.4, 0.5) is 5.82 Å². The summed E-state index contributed by atoms with van der Waals surface area (Å²) >= 11 is 0. The SMILES string of the molecule is Cc1cc(N2CCN(S(=O)(=O)c3ccccc3)C(CC(=O)NCCc3ccc4c(c3)OCCO4)(C(N)=O)C2)nc(-n2ccnc2)n1. The summed E-state index contributed by atoms with van der Waals surface area (Å²) in [7, 11) is -4.24. The molecule has 0 spiro atoms. The minimum atomic E-state index is -4.24. The van der Waals surface area contributed by atoms with E-state index >= 15 is 0 Å². The minimum absolute atomic E-state index is 0.00614. The fourth-order valence-electron chi connectivity index (χ4n) is 5.71. The first-order valence-corrected chi connectivity index (χ1v) is 16.2. The Morgan fingerprint density at radius 3 is 2.54 bits per heavy atom. The fourth-order valence-corrected chi connectivity index (χ4v) is 7.46. The van der Waals surface area contributed by atoms with E-state index in [0.717, 1.165) is 9.87 Å². The van der Waals surface area contributed by atoms with Crippen LogP contribution in [0.5, 0.6) is 11.5 Å². The number of imidazole rings is 1. The van der Waals surface area contributed by atoms with Crippen molar-refractivity contribution in [2.75, 3.05) is 44.3 Å². The number of hydrogen-bond acceptors (Lipinski definition) is 10. The van der Waals surface area contributed by atoms with E-state index in [1.807, 2.05) is 18.2 Å². The predicted molar refractivity (Wildman–Crippen MR) is 167 cm³/mol. The van der Waals surface area contributed by atoms with Gasteiger partial charge in [-0.3, -0.25) is 14.2 Å². The van der Waals surface area contributed by atoms with Crippen LogP contribution >= 0.6 is 0 Å². The van der Waals surface area contributed by atoms with Gasteiger partial charge < -0.3 is 25.4 Å². The van der Waals surface area contributed by atoms with Crippen molar-refractivity contribution < 1.29 is 27.5 Å². The average molecular weight is 647 g/mol. The number of carbonyl (C=O) groups excluding carboxylic acids is 2. The number of aromatic nitrogens is 4. The number of piperazine rings is 1. The van der Waals surface area contributed by atoms with Gasteiger partial charge in [0.15, 0.2) is 11.5 Å². The number of rotatable bonds is 10. The first-order chi connectivity index (χ1) is 22.2. The third kappa shape index (κ3) is 6.23. The van der Waals surface area contributed by atoms with Gasteiger partial charge in [0.1, 0.15) is 30.9 Å². The molecular formula is C31H34N8O6S. The predicted octanol–water partition coefficient (Wildman–Crippen LogP) is 1.23. The molecule has 2 aliphatic rings. The van der Waals surface area contributed by atoms with Gasteiger partial charge >= 0.3 is 0 Å². The van der Waals surface area contributed by atoms with Crippen LogP contribution in [0.25, 0.3) is 5.95 Å². The van der Waals surface area contributed by atoms with Gasteiger partial charge in [-0.1, -0.05) is 24.3 Å². The van der Waals surface area contributed by atoms with Gasteiger partial charge in [0, 0.05) is 50.3 Å². The molecule has 1 unspecified atom stereocenters. The van der Waals surface area contributed by atoms with Gasteiger partial charge in [0.2, 0.25) is 27.8 Å². The number of nitrogens with zero attached hydrogens (tertiary/aromatic N) is 6. The summed E-state index contributed by atoms with van der Waals surface area (Å²) in [5.41, 5.74) is 5.69. The molecule has 1 saturated heterocycles. The Labute approximate surface area is 266 Å². The first-order valence-electron chi connectivity index (χ1n) is 14.8. The van der Waals surface area contributed by atoms with Crippen molar-refractivity contribution in [2.45, 2.75) is 30.2 Å². The number of sulfonamides is 1. The summed E-state index contributed by atoms with van der Waals surface area (Å²) in [6.07, 6.45) is 4.84. The Bertz CT molecular complexity index is 1840. The molecule has 0 bridgehead atoms. The zero-order valence-corrected chi connectivity index (χ0v) is 26.0. The van der Waals surface area contributed by atoms with E-state index in [-0.39, 0.29) is 31.1 Å². The Morgan fingerprint density at radius 2 is 1.80 bits per heavy atom. The smallest absolute Gasteiger partial charge is 0.244 e. The van der Waals surface area contributed by atoms with Gasteiger partial charge in [-0.25, -0.2) is 18.4 Å². The molecule has 14 nitrogen and oxygen atoms in total. The highest BCUT2D eigenvalue weighted by molar-refractivity contribution is 7.89. The van der Waals surface area contributed by atoms with Crippen molar-refractivity contribution in [3.8, 4) is 17.4 Å².